The van der Waals surface area contributed by atoms with Gasteiger partial charge >= 0.3 is 0 Å². The maximum absolute atomic E-state index is 5.65. The molecule has 0 unspecified atom stereocenters. The molecular weight excluding hydrogens is 236 g/mol. The van der Waals surface area contributed by atoms with Crippen molar-refractivity contribution in [3.63, 3.8) is 0 Å². The highest BCUT2D eigenvalue weighted by Crippen LogP contribution is 2.28. The van der Waals surface area contributed by atoms with Gasteiger partial charge in [0, 0.05) is 25.4 Å². The summed E-state index contributed by atoms with van der Waals surface area (Å²) in [4.78, 5) is 2.35. The number of nitrogens with one attached hydrogen (secondary N) is 1. The summed E-state index contributed by atoms with van der Waals surface area (Å²) in [5, 5.41) is 3.43. The molecule has 1 N–H and O–H groups in total. The Balaban J connectivity index is 1.43. The summed E-state index contributed by atoms with van der Waals surface area (Å²) in [7, 11) is 2.17. The molecule has 0 heterocycles. The van der Waals surface area contributed by atoms with E-state index in [1.807, 2.05) is 6.07 Å². The molecule has 1 fully saturated rings. The van der Waals surface area contributed by atoms with Crippen molar-refractivity contribution in [3.05, 3.63) is 30.3 Å². The Morgan fingerprint density at radius 2 is 2.00 bits per heavy atom. The second-order valence-electron chi connectivity index (χ2n) is 5.47. The first-order valence-electron chi connectivity index (χ1n) is 7.40. The number of ether oxygens (including phenoxy) is 1. The number of para-hydroxylation sites is 1. The normalized spacial score (nSPS) is 14.8. The SMILES string of the molecule is CN(CCCNc1ccccc1)CCOCC1CC1. The quantitative estimate of drug-likeness (QED) is 0.656. The van der Waals surface area contributed by atoms with E-state index in [0.717, 1.165) is 45.2 Å². The van der Waals surface area contributed by atoms with Gasteiger partial charge in [0.15, 0.2) is 0 Å². The van der Waals surface area contributed by atoms with Crippen LogP contribution in [0.4, 0.5) is 5.69 Å². The van der Waals surface area contributed by atoms with Crippen LogP contribution in [-0.4, -0.2) is 44.8 Å². The summed E-state index contributed by atoms with van der Waals surface area (Å²) in [5.74, 6) is 0.875. The number of rotatable bonds is 10. The molecule has 19 heavy (non-hydrogen) atoms. The Bertz CT molecular complexity index is 338. The van der Waals surface area contributed by atoms with Crippen LogP contribution >= 0.6 is 0 Å². The fourth-order valence-electron chi connectivity index (χ4n) is 2.00. The molecule has 2 rings (SSSR count). The predicted molar refractivity (Wildman–Crippen MR) is 80.6 cm³/mol. The van der Waals surface area contributed by atoms with Gasteiger partial charge < -0.3 is 15.0 Å². The van der Waals surface area contributed by atoms with Crippen LogP contribution in [0.25, 0.3) is 0 Å². The van der Waals surface area contributed by atoms with Gasteiger partial charge in [-0.3, -0.25) is 0 Å². The molecule has 106 valence electrons. The third-order valence-electron chi connectivity index (χ3n) is 3.49. The zero-order valence-electron chi connectivity index (χ0n) is 12.0. The monoisotopic (exact) mass is 262 g/mol. The Morgan fingerprint density at radius 3 is 2.74 bits per heavy atom. The topological polar surface area (TPSA) is 24.5 Å². The van der Waals surface area contributed by atoms with E-state index in [2.05, 4.69) is 41.5 Å². The molecule has 0 aromatic heterocycles. The van der Waals surface area contributed by atoms with Crippen molar-refractivity contribution >= 4 is 5.69 Å². The van der Waals surface area contributed by atoms with E-state index in [-0.39, 0.29) is 0 Å². The summed E-state index contributed by atoms with van der Waals surface area (Å²) in [5.41, 5.74) is 1.21. The van der Waals surface area contributed by atoms with Crippen LogP contribution in [0.2, 0.25) is 0 Å². The lowest BCUT2D eigenvalue weighted by Crippen LogP contribution is -2.26. The predicted octanol–water partition coefficient (Wildman–Crippen LogP) is 2.85. The minimum Gasteiger partial charge on any atom is -0.385 e. The van der Waals surface area contributed by atoms with Crippen LogP contribution in [0, 0.1) is 5.92 Å². The zero-order valence-corrected chi connectivity index (χ0v) is 12.0. The fourth-order valence-corrected chi connectivity index (χ4v) is 2.00. The van der Waals surface area contributed by atoms with Crippen LogP contribution in [0.5, 0.6) is 0 Å². The lowest BCUT2D eigenvalue weighted by molar-refractivity contribution is 0.103. The lowest BCUT2D eigenvalue weighted by atomic mass is 10.3. The van der Waals surface area contributed by atoms with Crippen LogP contribution in [0.15, 0.2) is 30.3 Å². The summed E-state index contributed by atoms with van der Waals surface area (Å²) in [6.07, 6.45) is 3.91. The molecule has 1 aliphatic carbocycles. The van der Waals surface area contributed by atoms with E-state index in [4.69, 9.17) is 4.74 Å². The number of hydrogen-bond acceptors (Lipinski definition) is 3. The Hall–Kier alpha value is -1.06. The molecule has 1 aromatic rings. The van der Waals surface area contributed by atoms with Crippen molar-refractivity contribution in [2.24, 2.45) is 5.92 Å². The largest absolute Gasteiger partial charge is 0.385 e. The summed E-state index contributed by atoms with van der Waals surface area (Å²) in [6.45, 7) is 5.03. The van der Waals surface area contributed by atoms with Crippen molar-refractivity contribution in [1.29, 1.82) is 0 Å². The second-order valence-corrected chi connectivity index (χ2v) is 5.47. The van der Waals surface area contributed by atoms with E-state index < -0.39 is 0 Å². The Labute approximate surface area is 116 Å². The van der Waals surface area contributed by atoms with Crippen molar-refractivity contribution in [2.45, 2.75) is 19.3 Å². The van der Waals surface area contributed by atoms with Gasteiger partial charge in [-0.1, -0.05) is 18.2 Å². The average Bonchev–Trinajstić information content (AvgIpc) is 3.25. The van der Waals surface area contributed by atoms with Crippen molar-refractivity contribution in [2.75, 3.05) is 45.2 Å². The summed E-state index contributed by atoms with van der Waals surface area (Å²) >= 11 is 0. The smallest absolute Gasteiger partial charge is 0.0593 e. The molecule has 0 spiro atoms. The standard InChI is InChI=1S/C16H26N2O/c1-18(12-13-19-14-15-8-9-15)11-5-10-17-16-6-3-2-4-7-16/h2-4,6-7,15,17H,5,8-14H2,1H3. The van der Waals surface area contributed by atoms with Crippen molar-refractivity contribution < 1.29 is 4.74 Å². The molecular formula is C16H26N2O. The number of benzene rings is 1. The lowest BCUT2D eigenvalue weighted by Gasteiger charge is -2.16. The van der Waals surface area contributed by atoms with E-state index in [1.165, 1.54) is 18.5 Å². The van der Waals surface area contributed by atoms with Crippen LogP contribution < -0.4 is 5.32 Å². The van der Waals surface area contributed by atoms with Gasteiger partial charge in [0.05, 0.1) is 6.61 Å². The van der Waals surface area contributed by atoms with E-state index in [9.17, 15) is 0 Å². The van der Waals surface area contributed by atoms with E-state index in [0.29, 0.717) is 0 Å². The van der Waals surface area contributed by atoms with E-state index in [1.54, 1.807) is 0 Å². The number of likely N-dealkylation sites (N-methyl/N-ethyl adjacent to an activating group) is 1. The molecule has 0 bridgehead atoms. The average molecular weight is 262 g/mol. The highest BCUT2D eigenvalue weighted by molar-refractivity contribution is 5.42. The first-order chi connectivity index (χ1) is 9.34. The third-order valence-corrected chi connectivity index (χ3v) is 3.49. The molecule has 3 nitrogen and oxygen atoms in total. The van der Waals surface area contributed by atoms with Crippen LogP contribution in [0.1, 0.15) is 19.3 Å². The summed E-state index contributed by atoms with van der Waals surface area (Å²) in [6, 6.07) is 10.4. The van der Waals surface area contributed by atoms with Gasteiger partial charge in [0.1, 0.15) is 0 Å². The highest BCUT2D eigenvalue weighted by atomic mass is 16.5. The van der Waals surface area contributed by atoms with Gasteiger partial charge in [-0.05, 0) is 50.9 Å². The summed E-state index contributed by atoms with van der Waals surface area (Å²) < 4.78 is 5.65. The maximum Gasteiger partial charge on any atom is 0.0593 e. The molecule has 0 aliphatic heterocycles. The third kappa shape index (κ3) is 6.60. The molecule has 1 aromatic carbocycles. The van der Waals surface area contributed by atoms with Gasteiger partial charge in [-0.25, -0.2) is 0 Å². The molecule has 1 saturated carbocycles. The molecule has 1 aliphatic rings. The van der Waals surface area contributed by atoms with Crippen LogP contribution in [0.3, 0.4) is 0 Å². The highest BCUT2D eigenvalue weighted by Gasteiger charge is 2.20. The second kappa shape index (κ2) is 8.18. The van der Waals surface area contributed by atoms with Gasteiger partial charge in [-0.15, -0.1) is 0 Å². The molecule has 0 radical (unpaired) electrons. The zero-order chi connectivity index (χ0) is 13.3. The number of hydrogen-bond donors (Lipinski definition) is 1. The van der Waals surface area contributed by atoms with Crippen molar-refractivity contribution in [3.8, 4) is 0 Å². The van der Waals surface area contributed by atoms with E-state index >= 15 is 0 Å². The van der Waals surface area contributed by atoms with Gasteiger partial charge in [0.25, 0.3) is 0 Å². The van der Waals surface area contributed by atoms with Crippen LogP contribution in [-0.2, 0) is 4.74 Å². The number of nitrogens with zero attached hydrogens (tertiary/aromatic N) is 1. The first kappa shape index (κ1) is 14.4. The molecule has 0 amide bonds. The number of anilines is 1. The minimum atomic E-state index is 0.874. The molecule has 0 atom stereocenters. The molecule has 0 saturated heterocycles. The Morgan fingerprint density at radius 1 is 1.21 bits per heavy atom. The van der Waals surface area contributed by atoms with Gasteiger partial charge in [-0.2, -0.15) is 0 Å². The maximum atomic E-state index is 5.65. The molecule has 3 heteroatoms. The Kier molecular flexibility index (Phi) is 6.18. The fraction of sp³-hybridized carbons (Fsp3) is 0.625. The van der Waals surface area contributed by atoms with Gasteiger partial charge in [0.2, 0.25) is 0 Å². The van der Waals surface area contributed by atoms with Crippen molar-refractivity contribution in [1.82, 2.24) is 4.90 Å². The first-order valence-corrected chi connectivity index (χ1v) is 7.40. The minimum absolute atomic E-state index is 0.874.